The van der Waals surface area contributed by atoms with Crippen molar-refractivity contribution in [3.8, 4) is 0 Å². The SMILES string of the molecule is CC1=CCOC1=O.CN1CC1.CN1CCC1.CN=[N+]=[N-]. The zero-order chi connectivity index (χ0) is 15.4. The molecule has 114 valence electrons. The molecule has 3 heterocycles. The molecule has 20 heavy (non-hydrogen) atoms. The number of ether oxygens (including phenoxy) is 1. The predicted octanol–water partition coefficient (Wildman–Crippen LogP) is 1.67. The van der Waals surface area contributed by atoms with Gasteiger partial charge in [0.2, 0.25) is 0 Å². The van der Waals surface area contributed by atoms with E-state index >= 15 is 0 Å². The highest BCUT2D eigenvalue weighted by molar-refractivity contribution is 5.89. The van der Waals surface area contributed by atoms with Gasteiger partial charge in [0.1, 0.15) is 6.61 Å². The number of hydrogen-bond acceptors (Lipinski definition) is 5. The Morgan fingerprint density at radius 3 is 1.70 bits per heavy atom. The number of carbonyl (C=O) groups is 1. The summed E-state index contributed by atoms with van der Waals surface area (Å²) in [5.41, 5.74) is 8.06. The van der Waals surface area contributed by atoms with Crippen LogP contribution in [0.1, 0.15) is 13.3 Å². The lowest BCUT2D eigenvalue weighted by Crippen LogP contribution is -2.32. The number of carbonyl (C=O) groups excluding carboxylic acids is 1. The van der Waals surface area contributed by atoms with Crippen LogP contribution in [0.15, 0.2) is 16.8 Å². The van der Waals surface area contributed by atoms with Gasteiger partial charge in [-0.2, -0.15) is 0 Å². The van der Waals surface area contributed by atoms with Crippen molar-refractivity contribution in [1.82, 2.24) is 9.80 Å². The quantitative estimate of drug-likeness (QED) is 0.223. The molecule has 7 nitrogen and oxygen atoms in total. The Morgan fingerprint density at radius 1 is 1.25 bits per heavy atom. The van der Waals surface area contributed by atoms with E-state index < -0.39 is 0 Å². The molecule has 0 atom stereocenters. The maximum atomic E-state index is 10.3. The first-order valence-electron chi connectivity index (χ1n) is 6.65. The monoisotopic (exact) mass is 283 g/mol. The van der Waals surface area contributed by atoms with Crippen LogP contribution in [0.3, 0.4) is 0 Å². The highest BCUT2D eigenvalue weighted by Crippen LogP contribution is 2.02. The second-order valence-electron chi connectivity index (χ2n) is 4.74. The van der Waals surface area contributed by atoms with E-state index in [0.29, 0.717) is 6.61 Å². The van der Waals surface area contributed by atoms with Gasteiger partial charge in [-0.3, -0.25) is 0 Å². The van der Waals surface area contributed by atoms with Crippen molar-refractivity contribution in [3.63, 3.8) is 0 Å². The normalized spacial score (nSPS) is 19.2. The molecule has 0 radical (unpaired) electrons. The number of likely N-dealkylation sites (N-methyl/N-ethyl adjacent to an activating group) is 1. The predicted molar refractivity (Wildman–Crippen MR) is 79.4 cm³/mol. The minimum absolute atomic E-state index is 0.181. The van der Waals surface area contributed by atoms with E-state index in [1.807, 2.05) is 0 Å². The summed E-state index contributed by atoms with van der Waals surface area (Å²) in [6, 6.07) is 0. The first-order valence-corrected chi connectivity index (χ1v) is 6.65. The Balaban J connectivity index is 0.000000249. The summed E-state index contributed by atoms with van der Waals surface area (Å²) in [5.74, 6) is -0.181. The highest BCUT2D eigenvalue weighted by atomic mass is 16.5. The largest absolute Gasteiger partial charge is 0.458 e. The number of nitrogens with zero attached hydrogens (tertiary/aromatic N) is 5. The average molecular weight is 283 g/mol. The first-order chi connectivity index (χ1) is 9.51. The van der Waals surface area contributed by atoms with E-state index in [1.54, 1.807) is 13.0 Å². The van der Waals surface area contributed by atoms with Gasteiger partial charge in [0, 0.05) is 30.6 Å². The van der Waals surface area contributed by atoms with Crippen LogP contribution >= 0.6 is 0 Å². The smallest absolute Gasteiger partial charge is 0.333 e. The van der Waals surface area contributed by atoms with Crippen LogP contribution in [0.5, 0.6) is 0 Å². The van der Waals surface area contributed by atoms with E-state index in [9.17, 15) is 4.79 Å². The molecule has 0 aromatic rings. The Bertz CT molecular complexity index is 356. The van der Waals surface area contributed by atoms with Crippen LogP contribution in [0.2, 0.25) is 0 Å². The fourth-order valence-corrected chi connectivity index (χ4v) is 1.01. The molecule has 0 unspecified atom stereocenters. The summed E-state index contributed by atoms with van der Waals surface area (Å²) in [6.45, 7) is 7.49. The molecule has 0 aromatic heterocycles. The van der Waals surface area contributed by atoms with Gasteiger partial charge >= 0.3 is 5.97 Å². The van der Waals surface area contributed by atoms with Crippen LogP contribution in [0.25, 0.3) is 10.4 Å². The first kappa shape index (κ1) is 18.4. The van der Waals surface area contributed by atoms with E-state index in [2.05, 4.69) is 38.7 Å². The number of azide groups is 1. The molecule has 3 aliphatic heterocycles. The lowest BCUT2D eigenvalue weighted by atomic mass is 10.3. The zero-order valence-electron chi connectivity index (χ0n) is 12.9. The molecular weight excluding hydrogens is 258 g/mol. The van der Waals surface area contributed by atoms with Crippen molar-refractivity contribution in [3.05, 3.63) is 22.1 Å². The topological polar surface area (TPSA) is 81.3 Å². The summed E-state index contributed by atoms with van der Waals surface area (Å²) in [4.78, 5) is 17.2. The third-order valence-corrected chi connectivity index (χ3v) is 2.77. The molecule has 3 aliphatic rings. The lowest BCUT2D eigenvalue weighted by Gasteiger charge is -2.24. The van der Waals surface area contributed by atoms with Gasteiger partial charge in [0.15, 0.2) is 0 Å². The Kier molecular flexibility index (Phi) is 10.4. The maximum absolute atomic E-state index is 10.3. The molecule has 0 aromatic carbocycles. The molecule has 2 saturated heterocycles. The van der Waals surface area contributed by atoms with E-state index in [-0.39, 0.29) is 5.97 Å². The van der Waals surface area contributed by atoms with Gasteiger partial charge in [-0.15, -0.1) is 0 Å². The molecule has 0 spiro atoms. The molecule has 0 N–H and O–H groups in total. The number of cyclic esters (lactones) is 1. The third-order valence-electron chi connectivity index (χ3n) is 2.77. The second-order valence-corrected chi connectivity index (χ2v) is 4.74. The minimum atomic E-state index is -0.181. The van der Waals surface area contributed by atoms with Crippen molar-refractivity contribution in [2.45, 2.75) is 13.3 Å². The second kappa shape index (κ2) is 11.3. The van der Waals surface area contributed by atoms with E-state index in [1.165, 1.54) is 39.6 Å². The summed E-state index contributed by atoms with van der Waals surface area (Å²) < 4.78 is 4.53. The molecule has 3 rings (SSSR count). The number of esters is 1. The van der Waals surface area contributed by atoms with Gasteiger partial charge in [0.25, 0.3) is 0 Å². The van der Waals surface area contributed by atoms with Gasteiger partial charge in [-0.25, -0.2) is 4.79 Å². The van der Waals surface area contributed by atoms with Gasteiger partial charge in [-0.05, 0) is 52.1 Å². The van der Waals surface area contributed by atoms with Gasteiger partial charge in [-0.1, -0.05) is 5.11 Å². The molecule has 2 fully saturated rings. The van der Waals surface area contributed by atoms with Crippen molar-refractivity contribution < 1.29 is 9.53 Å². The molecule has 0 amide bonds. The zero-order valence-corrected chi connectivity index (χ0v) is 12.9. The van der Waals surface area contributed by atoms with Crippen molar-refractivity contribution >= 4 is 5.97 Å². The van der Waals surface area contributed by atoms with Crippen molar-refractivity contribution in [2.24, 2.45) is 5.11 Å². The number of rotatable bonds is 0. The average Bonchev–Trinajstić information content (AvgIpc) is 3.11. The lowest BCUT2D eigenvalue weighted by molar-refractivity contribution is -0.135. The fourth-order valence-electron chi connectivity index (χ4n) is 1.01. The van der Waals surface area contributed by atoms with Crippen molar-refractivity contribution in [1.29, 1.82) is 0 Å². The van der Waals surface area contributed by atoms with Gasteiger partial charge in [0.05, 0.1) is 0 Å². The highest BCUT2D eigenvalue weighted by Gasteiger charge is 2.09. The Morgan fingerprint density at radius 2 is 1.65 bits per heavy atom. The van der Waals surface area contributed by atoms with Crippen LogP contribution < -0.4 is 0 Å². The summed E-state index contributed by atoms with van der Waals surface area (Å²) in [6.07, 6.45) is 3.18. The molecule has 0 saturated carbocycles. The molecule has 0 bridgehead atoms. The molecule has 0 aliphatic carbocycles. The fraction of sp³-hybridized carbons (Fsp3) is 0.769. The van der Waals surface area contributed by atoms with E-state index in [0.717, 1.165) is 5.57 Å². The van der Waals surface area contributed by atoms with Gasteiger partial charge < -0.3 is 14.5 Å². The van der Waals surface area contributed by atoms with Crippen LogP contribution in [0.4, 0.5) is 0 Å². The Hall–Kier alpha value is -1.56. The summed E-state index contributed by atoms with van der Waals surface area (Å²) in [7, 11) is 5.64. The van der Waals surface area contributed by atoms with Crippen LogP contribution in [0, 0.1) is 0 Å². The maximum Gasteiger partial charge on any atom is 0.333 e. The minimum Gasteiger partial charge on any atom is -0.458 e. The van der Waals surface area contributed by atoms with E-state index in [4.69, 9.17) is 5.53 Å². The van der Waals surface area contributed by atoms with Crippen LogP contribution in [-0.4, -0.2) is 69.7 Å². The number of hydrogen-bond donors (Lipinski definition) is 0. The number of likely N-dealkylation sites (tertiary alicyclic amines) is 1. The van der Waals surface area contributed by atoms with Crippen LogP contribution in [-0.2, 0) is 9.53 Å². The standard InChI is InChI=1S/C5H6O2.C4H9N.C3H7N.CH3N3/c1-4-2-3-7-5(4)6;1-5-3-2-4-5;1-4-2-3-4;1-3-4-2/h2H,3H2,1H3;2-4H2,1H3;2-3H2,1H3;1H3. The Labute approximate surface area is 120 Å². The molecular formula is C13H25N5O2. The molecule has 7 heteroatoms. The third kappa shape index (κ3) is 11.5. The van der Waals surface area contributed by atoms with Crippen molar-refractivity contribution in [2.75, 3.05) is 53.9 Å². The summed E-state index contributed by atoms with van der Waals surface area (Å²) in [5, 5.41) is 2.92. The summed E-state index contributed by atoms with van der Waals surface area (Å²) >= 11 is 0.